The molecule has 0 aliphatic heterocycles. The number of rotatable bonds is 4. The van der Waals surface area contributed by atoms with Gasteiger partial charge in [-0.25, -0.2) is 0 Å². The number of hydrogen-bond donors (Lipinski definition) is 4. The zero-order valence-electron chi connectivity index (χ0n) is 21.9. The van der Waals surface area contributed by atoms with Crippen molar-refractivity contribution in [2.45, 2.75) is 87.3 Å². The molecule has 3 rings (SSSR count). The number of aryl methyl sites for hydroxylation is 2. The SMILES string of the molecule is Cc1cc(N)c(C(O)(C(F)(F)F)C(F)(F)F)cc1C1(c2cc(C(O)(C(F)(F)F)C(F)(F)F)c(N)cc2C)CCCCC1. The molecule has 42 heavy (non-hydrogen) atoms. The van der Waals surface area contributed by atoms with Gasteiger partial charge in [-0.2, -0.15) is 52.7 Å². The van der Waals surface area contributed by atoms with Crippen LogP contribution < -0.4 is 11.5 Å². The van der Waals surface area contributed by atoms with E-state index < -0.39 is 63.8 Å². The third-order valence-electron chi connectivity index (χ3n) is 7.95. The summed E-state index contributed by atoms with van der Waals surface area (Å²) in [5.41, 5.74) is -8.13. The zero-order chi connectivity index (χ0) is 32.5. The number of benzene rings is 2. The molecular formula is C26H26F12N2O2. The largest absolute Gasteiger partial charge is 0.430 e. The van der Waals surface area contributed by atoms with Gasteiger partial charge in [-0.3, -0.25) is 0 Å². The number of anilines is 2. The average molecular weight is 626 g/mol. The zero-order valence-corrected chi connectivity index (χ0v) is 21.9. The second kappa shape index (κ2) is 10.1. The van der Waals surface area contributed by atoms with Crippen LogP contribution in [0.25, 0.3) is 0 Å². The number of alkyl halides is 12. The van der Waals surface area contributed by atoms with Gasteiger partial charge >= 0.3 is 24.7 Å². The minimum Gasteiger partial charge on any atom is -0.398 e. The van der Waals surface area contributed by atoms with Crippen LogP contribution in [0.4, 0.5) is 64.1 Å². The molecule has 1 fully saturated rings. The molecule has 1 saturated carbocycles. The Morgan fingerprint density at radius 1 is 0.548 bits per heavy atom. The van der Waals surface area contributed by atoms with Gasteiger partial charge in [0, 0.05) is 27.9 Å². The molecule has 0 amide bonds. The van der Waals surface area contributed by atoms with E-state index in [2.05, 4.69) is 0 Å². The van der Waals surface area contributed by atoms with Crippen LogP contribution in [-0.4, -0.2) is 34.9 Å². The number of halogens is 12. The van der Waals surface area contributed by atoms with Gasteiger partial charge in [-0.1, -0.05) is 19.3 Å². The Morgan fingerprint density at radius 2 is 0.833 bits per heavy atom. The van der Waals surface area contributed by atoms with E-state index in [-0.39, 0.29) is 47.9 Å². The van der Waals surface area contributed by atoms with Crippen LogP contribution in [0.15, 0.2) is 24.3 Å². The van der Waals surface area contributed by atoms with E-state index in [1.807, 2.05) is 0 Å². The first kappa shape index (κ1) is 33.6. The Morgan fingerprint density at radius 3 is 1.10 bits per heavy atom. The van der Waals surface area contributed by atoms with E-state index in [1.165, 1.54) is 13.8 Å². The standard InChI is InChI=1S/C26H26F12N2O2/c1-12-8-18(39)16(21(41,23(27,28)29)24(30,31)32)10-14(12)20(6-4-3-5-7-20)15-11-17(19(40)9-13(15)2)22(42,25(33,34)35)26(36,37)38/h8-11,41-42H,3-7,39-40H2,1-2H3. The second-order valence-corrected chi connectivity index (χ2v) is 10.6. The summed E-state index contributed by atoms with van der Waals surface area (Å²) >= 11 is 0. The fraction of sp³-hybridized carbons (Fsp3) is 0.538. The summed E-state index contributed by atoms with van der Waals surface area (Å²) in [5.74, 6) is 0. The van der Waals surface area contributed by atoms with E-state index in [1.54, 1.807) is 0 Å². The van der Waals surface area contributed by atoms with E-state index in [4.69, 9.17) is 11.5 Å². The molecule has 236 valence electrons. The molecule has 0 heterocycles. The highest BCUT2D eigenvalue weighted by Crippen LogP contribution is 2.56. The fourth-order valence-electron chi connectivity index (χ4n) is 5.89. The second-order valence-electron chi connectivity index (χ2n) is 10.6. The summed E-state index contributed by atoms with van der Waals surface area (Å²) in [4.78, 5) is 0. The lowest BCUT2D eigenvalue weighted by molar-refractivity contribution is -0.376. The van der Waals surface area contributed by atoms with Crippen molar-refractivity contribution in [1.29, 1.82) is 0 Å². The van der Waals surface area contributed by atoms with Gasteiger partial charge in [0.25, 0.3) is 11.2 Å². The monoisotopic (exact) mass is 626 g/mol. The molecule has 0 bridgehead atoms. The third kappa shape index (κ3) is 4.93. The highest BCUT2D eigenvalue weighted by molar-refractivity contribution is 5.63. The predicted octanol–water partition coefficient (Wildman–Crippen LogP) is 7.34. The fourth-order valence-corrected chi connectivity index (χ4v) is 5.89. The minimum absolute atomic E-state index is 0.0375. The Hall–Kier alpha value is -2.88. The van der Waals surface area contributed by atoms with E-state index in [0.717, 1.165) is 12.1 Å². The summed E-state index contributed by atoms with van der Waals surface area (Å²) in [6.45, 7) is 2.47. The van der Waals surface area contributed by atoms with Crippen molar-refractivity contribution in [2.24, 2.45) is 0 Å². The Bertz CT molecular complexity index is 1210. The van der Waals surface area contributed by atoms with Crippen LogP contribution in [-0.2, 0) is 16.6 Å². The molecule has 2 aromatic carbocycles. The molecule has 2 aromatic rings. The van der Waals surface area contributed by atoms with Crippen LogP contribution in [0, 0.1) is 13.8 Å². The van der Waals surface area contributed by atoms with Crippen molar-refractivity contribution in [3.05, 3.63) is 57.6 Å². The normalized spacial score (nSPS) is 17.4. The molecule has 6 N–H and O–H groups in total. The minimum atomic E-state index is -6.33. The number of hydrogen-bond acceptors (Lipinski definition) is 4. The van der Waals surface area contributed by atoms with Gasteiger partial charge in [-0.05, 0) is 73.2 Å². The van der Waals surface area contributed by atoms with Gasteiger partial charge in [0.1, 0.15) is 0 Å². The van der Waals surface area contributed by atoms with Crippen molar-refractivity contribution in [1.82, 2.24) is 0 Å². The van der Waals surface area contributed by atoms with Crippen LogP contribution in [0.3, 0.4) is 0 Å². The molecule has 1 aliphatic carbocycles. The molecule has 0 atom stereocenters. The highest BCUT2D eigenvalue weighted by Gasteiger charge is 2.73. The van der Waals surface area contributed by atoms with Crippen molar-refractivity contribution < 1.29 is 62.9 Å². The maximum atomic E-state index is 13.8. The topological polar surface area (TPSA) is 92.5 Å². The Balaban J connectivity index is 2.49. The summed E-state index contributed by atoms with van der Waals surface area (Å²) in [7, 11) is 0. The lowest BCUT2D eigenvalue weighted by atomic mass is 9.62. The molecule has 16 heteroatoms. The van der Waals surface area contributed by atoms with Gasteiger partial charge in [0.2, 0.25) is 0 Å². The smallest absolute Gasteiger partial charge is 0.398 e. The number of nitrogens with two attached hydrogens (primary N) is 2. The van der Waals surface area contributed by atoms with E-state index in [0.29, 0.717) is 18.6 Å². The molecule has 0 radical (unpaired) electrons. The molecule has 0 aromatic heterocycles. The molecule has 0 saturated heterocycles. The van der Waals surface area contributed by atoms with E-state index in [9.17, 15) is 62.9 Å². The Labute approximate surface area is 231 Å². The Kier molecular flexibility index (Phi) is 8.08. The van der Waals surface area contributed by atoms with Crippen LogP contribution in [0.1, 0.15) is 65.5 Å². The summed E-state index contributed by atoms with van der Waals surface area (Å²) in [5, 5.41) is 20.2. The van der Waals surface area contributed by atoms with Crippen molar-refractivity contribution >= 4 is 11.4 Å². The predicted molar refractivity (Wildman–Crippen MR) is 127 cm³/mol. The first-order chi connectivity index (χ1) is 18.8. The molecular weight excluding hydrogens is 600 g/mol. The average Bonchev–Trinajstić information content (AvgIpc) is 2.81. The van der Waals surface area contributed by atoms with Crippen molar-refractivity contribution in [3.8, 4) is 0 Å². The van der Waals surface area contributed by atoms with Crippen LogP contribution in [0.5, 0.6) is 0 Å². The van der Waals surface area contributed by atoms with Gasteiger partial charge < -0.3 is 21.7 Å². The summed E-state index contributed by atoms with van der Waals surface area (Å²) < 4.78 is 166. The highest BCUT2D eigenvalue weighted by atomic mass is 19.4. The number of nitrogen functional groups attached to an aromatic ring is 2. The molecule has 0 spiro atoms. The first-order valence-corrected chi connectivity index (χ1v) is 12.3. The maximum absolute atomic E-state index is 13.8. The molecule has 1 aliphatic rings. The lowest BCUT2D eigenvalue weighted by Crippen LogP contribution is -2.54. The van der Waals surface area contributed by atoms with Gasteiger partial charge in [0.05, 0.1) is 0 Å². The van der Waals surface area contributed by atoms with E-state index >= 15 is 0 Å². The van der Waals surface area contributed by atoms with Crippen molar-refractivity contribution in [3.63, 3.8) is 0 Å². The summed E-state index contributed by atoms with van der Waals surface area (Å²) in [6.07, 6.45) is -24.6. The molecule has 0 unspecified atom stereocenters. The first-order valence-electron chi connectivity index (χ1n) is 12.3. The number of aliphatic hydroxyl groups is 2. The third-order valence-corrected chi connectivity index (χ3v) is 7.95. The lowest BCUT2D eigenvalue weighted by Gasteiger charge is -2.43. The molecule has 4 nitrogen and oxygen atoms in total. The van der Waals surface area contributed by atoms with Gasteiger partial charge in [0.15, 0.2) is 0 Å². The van der Waals surface area contributed by atoms with Crippen molar-refractivity contribution in [2.75, 3.05) is 11.5 Å². The quantitative estimate of drug-likeness (QED) is 0.211. The van der Waals surface area contributed by atoms with Crippen LogP contribution in [0.2, 0.25) is 0 Å². The maximum Gasteiger partial charge on any atom is 0.430 e. The van der Waals surface area contributed by atoms with Gasteiger partial charge in [-0.15, -0.1) is 0 Å². The van der Waals surface area contributed by atoms with Crippen LogP contribution >= 0.6 is 0 Å². The summed E-state index contributed by atoms with van der Waals surface area (Å²) in [6, 6.07) is 2.15.